The van der Waals surface area contributed by atoms with E-state index in [-0.39, 0.29) is 0 Å². The van der Waals surface area contributed by atoms with Gasteiger partial charge in [0, 0.05) is 12.1 Å². The monoisotopic (exact) mass is 269 g/mol. The van der Waals surface area contributed by atoms with E-state index < -0.39 is 0 Å². The molecule has 1 fully saturated rings. The van der Waals surface area contributed by atoms with Crippen LogP contribution >= 0.6 is 11.3 Å². The minimum atomic E-state index is 0.552. The molecule has 0 unspecified atom stereocenters. The molecule has 96 valence electrons. The van der Waals surface area contributed by atoms with Crippen LogP contribution in [0.3, 0.4) is 0 Å². The molecule has 0 aliphatic heterocycles. The molecule has 0 bridgehead atoms. The summed E-state index contributed by atoms with van der Waals surface area (Å²) in [4.78, 5) is 0.637. The first kappa shape index (κ1) is 12.1. The summed E-state index contributed by atoms with van der Waals surface area (Å²) >= 11 is 1.48. The third-order valence-electron chi connectivity index (χ3n) is 3.37. The minimum Gasteiger partial charge on any atom is -0.397 e. The largest absolute Gasteiger partial charge is 0.397 e. The van der Waals surface area contributed by atoms with E-state index in [1.165, 1.54) is 29.7 Å². The van der Waals surface area contributed by atoms with E-state index in [4.69, 9.17) is 11.0 Å². The van der Waals surface area contributed by atoms with Crippen LogP contribution in [-0.2, 0) is 6.54 Å². The van der Waals surface area contributed by atoms with Gasteiger partial charge in [0.15, 0.2) is 0 Å². The summed E-state index contributed by atoms with van der Waals surface area (Å²) in [7, 11) is 0. The van der Waals surface area contributed by atoms with Gasteiger partial charge in [-0.25, -0.2) is 0 Å². The topological polar surface area (TPSA) is 61.8 Å². The Balaban J connectivity index is 1.83. The van der Waals surface area contributed by atoms with Gasteiger partial charge in [-0.3, -0.25) is 0 Å². The second kappa shape index (κ2) is 4.94. The lowest BCUT2D eigenvalue weighted by Gasteiger charge is -2.07. The van der Waals surface area contributed by atoms with Crippen molar-refractivity contribution >= 4 is 22.0 Å². The van der Waals surface area contributed by atoms with Crippen LogP contribution in [0.15, 0.2) is 30.3 Å². The summed E-state index contributed by atoms with van der Waals surface area (Å²) in [6, 6.07) is 12.4. The molecule has 0 spiro atoms. The number of hydrogen-bond acceptors (Lipinski definition) is 4. The first-order chi connectivity index (χ1) is 9.29. The van der Waals surface area contributed by atoms with Crippen LogP contribution in [0, 0.1) is 11.3 Å². The van der Waals surface area contributed by atoms with Gasteiger partial charge >= 0.3 is 0 Å². The second-order valence-corrected chi connectivity index (χ2v) is 5.83. The van der Waals surface area contributed by atoms with Gasteiger partial charge in [0.25, 0.3) is 0 Å². The Labute approximate surface area is 116 Å². The van der Waals surface area contributed by atoms with Crippen molar-refractivity contribution in [2.45, 2.75) is 25.3 Å². The zero-order valence-electron chi connectivity index (χ0n) is 10.5. The molecule has 3 nitrogen and oxygen atoms in total. The number of nitrogens with zero attached hydrogens (tertiary/aromatic N) is 1. The molecule has 1 heterocycles. The van der Waals surface area contributed by atoms with E-state index in [0.29, 0.717) is 16.5 Å². The van der Waals surface area contributed by atoms with Crippen molar-refractivity contribution in [2.75, 3.05) is 11.1 Å². The molecular weight excluding hydrogens is 254 g/mol. The van der Waals surface area contributed by atoms with Crippen LogP contribution in [0.1, 0.15) is 34.8 Å². The van der Waals surface area contributed by atoms with Crippen LogP contribution in [0.2, 0.25) is 0 Å². The van der Waals surface area contributed by atoms with Gasteiger partial charge in [0.05, 0.1) is 10.7 Å². The molecule has 19 heavy (non-hydrogen) atoms. The lowest BCUT2D eigenvalue weighted by molar-refractivity contribution is 1.11. The Bertz CT molecular complexity index is 621. The molecule has 3 N–H and O–H groups in total. The lowest BCUT2D eigenvalue weighted by Crippen LogP contribution is -2.00. The fourth-order valence-corrected chi connectivity index (χ4v) is 3.23. The third kappa shape index (κ3) is 2.42. The van der Waals surface area contributed by atoms with Crippen molar-refractivity contribution in [3.63, 3.8) is 0 Å². The highest BCUT2D eigenvalue weighted by molar-refractivity contribution is 7.17. The molecule has 2 aromatic rings. The van der Waals surface area contributed by atoms with Crippen molar-refractivity contribution in [2.24, 2.45) is 0 Å². The standard InChI is InChI=1S/C15H15N3S/c16-8-12-14(17)13(11-6-7-11)15(19-12)18-9-10-4-2-1-3-5-10/h1-5,11,18H,6-7,9,17H2. The number of nitrogen functional groups attached to an aromatic ring is 1. The van der Waals surface area contributed by atoms with Gasteiger partial charge in [0.1, 0.15) is 10.9 Å². The zero-order chi connectivity index (χ0) is 13.2. The van der Waals surface area contributed by atoms with Crippen LogP contribution in [0.5, 0.6) is 0 Å². The quantitative estimate of drug-likeness (QED) is 0.889. The average molecular weight is 269 g/mol. The van der Waals surface area contributed by atoms with E-state index in [2.05, 4.69) is 23.5 Å². The molecule has 1 aromatic carbocycles. The predicted octanol–water partition coefficient (Wildman–Crippen LogP) is 3.69. The normalized spacial score (nSPS) is 14.1. The van der Waals surface area contributed by atoms with Crippen molar-refractivity contribution in [1.82, 2.24) is 0 Å². The summed E-state index contributed by atoms with van der Waals surface area (Å²) in [5, 5.41) is 13.6. The molecule has 0 saturated heterocycles. The van der Waals surface area contributed by atoms with Gasteiger partial charge in [-0.1, -0.05) is 30.3 Å². The Morgan fingerprint density at radius 3 is 2.68 bits per heavy atom. The average Bonchev–Trinajstić information content (AvgIpc) is 3.22. The Hall–Kier alpha value is -1.99. The number of anilines is 2. The number of nitriles is 1. The fraction of sp³-hybridized carbons (Fsp3) is 0.267. The first-order valence-electron chi connectivity index (χ1n) is 6.39. The number of benzene rings is 1. The molecule has 0 amide bonds. The summed E-state index contributed by atoms with van der Waals surface area (Å²) in [5.41, 5.74) is 9.15. The molecule has 4 heteroatoms. The van der Waals surface area contributed by atoms with Crippen LogP contribution in [-0.4, -0.2) is 0 Å². The highest BCUT2D eigenvalue weighted by atomic mass is 32.1. The Kier molecular flexibility index (Phi) is 3.14. The maximum atomic E-state index is 9.10. The number of hydrogen-bond donors (Lipinski definition) is 2. The maximum absolute atomic E-state index is 9.10. The van der Waals surface area contributed by atoms with Gasteiger partial charge in [-0.15, -0.1) is 11.3 Å². The van der Waals surface area contributed by atoms with E-state index in [9.17, 15) is 0 Å². The van der Waals surface area contributed by atoms with Gasteiger partial charge < -0.3 is 11.1 Å². The molecule has 1 aliphatic rings. The summed E-state index contributed by atoms with van der Waals surface area (Å²) in [6.07, 6.45) is 2.37. The first-order valence-corrected chi connectivity index (χ1v) is 7.21. The number of nitrogens with one attached hydrogen (secondary N) is 1. The number of nitrogens with two attached hydrogens (primary N) is 1. The van der Waals surface area contributed by atoms with Crippen LogP contribution in [0.4, 0.5) is 10.7 Å². The summed E-state index contributed by atoms with van der Waals surface area (Å²) in [6.45, 7) is 0.769. The minimum absolute atomic E-state index is 0.552. The van der Waals surface area contributed by atoms with E-state index in [1.54, 1.807) is 0 Å². The van der Waals surface area contributed by atoms with Gasteiger partial charge in [0.2, 0.25) is 0 Å². The Morgan fingerprint density at radius 1 is 1.32 bits per heavy atom. The van der Waals surface area contributed by atoms with Crippen molar-refractivity contribution in [3.05, 3.63) is 46.3 Å². The Morgan fingerprint density at radius 2 is 2.05 bits per heavy atom. The van der Waals surface area contributed by atoms with Gasteiger partial charge in [-0.2, -0.15) is 5.26 Å². The smallest absolute Gasteiger partial charge is 0.130 e. The van der Waals surface area contributed by atoms with Crippen molar-refractivity contribution in [1.29, 1.82) is 5.26 Å². The molecule has 3 rings (SSSR count). The molecular formula is C15H15N3S. The maximum Gasteiger partial charge on any atom is 0.130 e. The molecule has 1 aliphatic carbocycles. The SMILES string of the molecule is N#Cc1sc(NCc2ccccc2)c(C2CC2)c1N. The van der Waals surface area contributed by atoms with Crippen molar-refractivity contribution < 1.29 is 0 Å². The van der Waals surface area contributed by atoms with Crippen LogP contribution in [0.25, 0.3) is 0 Å². The lowest BCUT2D eigenvalue weighted by atomic mass is 10.1. The van der Waals surface area contributed by atoms with Crippen molar-refractivity contribution in [3.8, 4) is 6.07 Å². The van der Waals surface area contributed by atoms with E-state index in [1.807, 2.05) is 18.2 Å². The third-order valence-corrected chi connectivity index (χ3v) is 4.45. The predicted molar refractivity (Wildman–Crippen MR) is 79.2 cm³/mol. The molecule has 1 saturated carbocycles. The van der Waals surface area contributed by atoms with E-state index >= 15 is 0 Å². The highest BCUT2D eigenvalue weighted by Crippen LogP contribution is 2.50. The molecule has 0 atom stereocenters. The number of rotatable bonds is 4. The van der Waals surface area contributed by atoms with E-state index in [0.717, 1.165) is 17.1 Å². The number of thiophene rings is 1. The fourth-order valence-electron chi connectivity index (χ4n) is 2.23. The highest BCUT2D eigenvalue weighted by Gasteiger charge is 2.31. The second-order valence-electron chi connectivity index (χ2n) is 4.81. The summed E-state index contributed by atoms with van der Waals surface area (Å²) < 4.78 is 0. The zero-order valence-corrected chi connectivity index (χ0v) is 11.3. The van der Waals surface area contributed by atoms with Gasteiger partial charge in [-0.05, 0) is 24.3 Å². The summed E-state index contributed by atoms with van der Waals surface area (Å²) in [5.74, 6) is 0.552. The molecule has 1 aromatic heterocycles. The molecule has 0 radical (unpaired) electrons. The van der Waals surface area contributed by atoms with Crippen LogP contribution < -0.4 is 11.1 Å².